The maximum atomic E-state index is 7.79. The van der Waals surface area contributed by atoms with Gasteiger partial charge in [0.1, 0.15) is 6.10 Å². The quantitative estimate of drug-likeness (QED) is 0.110. The van der Waals surface area contributed by atoms with E-state index in [2.05, 4.69) is 132 Å². The minimum Gasteiger partial charge on any atom is -0.413 e. The molecule has 0 spiro atoms. The lowest BCUT2D eigenvalue weighted by atomic mass is 9.90. The lowest BCUT2D eigenvalue weighted by Gasteiger charge is -2.46. The van der Waals surface area contributed by atoms with E-state index in [1.165, 1.54) is 5.56 Å². The molecule has 0 aromatic heterocycles. The molecule has 5 rings (SSSR count). The largest absolute Gasteiger partial charge is 0.413 e. The second-order valence-electron chi connectivity index (χ2n) is 20.2. The lowest BCUT2D eigenvalue weighted by molar-refractivity contribution is -0.271. The van der Waals surface area contributed by atoms with Gasteiger partial charge in [-0.1, -0.05) is 137 Å². The molecule has 0 N–H and O–H groups in total. The third-order valence-electron chi connectivity index (χ3n) is 14.0. The summed E-state index contributed by atoms with van der Waals surface area (Å²) in [6, 6.07) is 20.7. The van der Waals surface area contributed by atoms with E-state index in [0.29, 0.717) is 41.7 Å². The van der Waals surface area contributed by atoms with Gasteiger partial charge in [0.25, 0.3) is 0 Å². The highest BCUT2D eigenvalue weighted by atomic mass is 28.4. The fourth-order valence-electron chi connectivity index (χ4n) is 9.91. The van der Waals surface area contributed by atoms with Gasteiger partial charge in [-0.25, -0.2) is 0 Å². The van der Waals surface area contributed by atoms with Gasteiger partial charge in [0, 0.05) is 18.6 Å². The molecule has 0 unspecified atom stereocenters. The highest BCUT2D eigenvalue weighted by molar-refractivity contribution is 6.77. The summed E-state index contributed by atoms with van der Waals surface area (Å²) in [4.78, 5) is 0. The van der Waals surface area contributed by atoms with Crippen molar-refractivity contribution in [2.45, 2.75) is 205 Å². The molecule has 2 aromatic rings. The number of rotatable bonds is 18. The van der Waals surface area contributed by atoms with Crippen LogP contribution in [-0.2, 0) is 39.1 Å². The molecule has 57 heavy (non-hydrogen) atoms. The summed E-state index contributed by atoms with van der Waals surface area (Å²) in [6.45, 7) is 32.7. The Morgan fingerprint density at radius 3 is 2.02 bits per heavy atom. The summed E-state index contributed by atoms with van der Waals surface area (Å²) >= 11 is 0. The third kappa shape index (κ3) is 11.9. The van der Waals surface area contributed by atoms with Crippen molar-refractivity contribution in [1.29, 1.82) is 0 Å². The molecule has 3 fully saturated rings. The van der Waals surface area contributed by atoms with Gasteiger partial charge >= 0.3 is 0 Å². The van der Waals surface area contributed by atoms with Crippen LogP contribution in [-0.4, -0.2) is 72.6 Å². The fourth-order valence-corrected chi connectivity index (χ4v) is 16.9. The molecule has 3 saturated heterocycles. The van der Waals surface area contributed by atoms with Gasteiger partial charge in [0.2, 0.25) is 8.32 Å². The monoisotopic (exact) mass is 825 g/mol. The van der Waals surface area contributed by atoms with Gasteiger partial charge in [-0.05, 0) is 84.3 Å². The van der Waals surface area contributed by atoms with Crippen LogP contribution in [0.5, 0.6) is 0 Å². The molecule has 2 aromatic carbocycles. The van der Waals surface area contributed by atoms with Gasteiger partial charge < -0.3 is 32.5 Å². The average molecular weight is 825 g/mol. The van der Waals surface area contributed by atoms with Crippen LogP contribution in [0.15, 0.2) is 60.7 Å². The number of benzene rings is 2. The van der Waals surface area contributed by atoms with E-state index in [9.17, 15) is 0 Å². The smallest absolute Gasteiger partial charge is 0.200 e. The highest BCUT2D eigenvalue weighted by Crippen LogP contribution is 2.46. The van der Waals surface area contributed by atoms with E-state index < -0.39 is 16.6 Å². The minimum absolute atomic E-state index is 0.0149. The summed E-state index contributed by atoms with van der Waals surface area (Å²) in [5.74, 6) is 0.881. The van der Waals surface area contributed by atoms with Crippen molar-refractivity contribution in [3.05, 3.63) is 71.8 Å². The van der Waals surface area contributed by atoms with Crippen molar-refractivity contribution in [3.63, 3.8) is 0 Å². The molecule has 3 aliphatic rings. The molecule has 7 nitrogen and oxygen atoms in total. The molecule has 10 atom stereocenters. The van der Waals surface area contributed by atoms with Gasteiger partial charge in [-0.2, -0.15) is 0 Å². The summed E-state index contributed by atoms with van der Waals surface area (Å²) in [5.41, 5.74) is 3.69. The molecule has 3 aliphatic heterocycles. The van der Waals surface area contributed by atoms with Crippen LogP contribution < -0.4 is 0 Å². The summed E-state index contributed by atoms with van der Waals surface area (Å²) in [5, 5.41) is 0.0750. The lowest BCUT2D eigenvalue weighted by Crippen LogP contribution is -2.53. The predicted octanol–water partition coefficient (Wildman–Crippen LogP) is 12.4. The first-order valence-corrected chi connectivity index (χ1v) is 27.6. The second-order valence-corrected chi connectivity index (χ2v) is 30.4. The Hall–Kier alpha value is -1.41. The second kappa shape index (κ2) is 20.4. The van der Waals surface area contributed by atoms with E-state index in [1.54, 1.807) is 0 Å². The first-order valence-electron chi connectivity index (χ1n) is 22.5. The zero-order valence-electron chi connectivity index (χ0n) is 38.0. The molecular weight excluding hydrogens is 745 g/mol. The van der Waals surface area contributed by atoms with Crippen LogP contribution in [0.1, 0.15) is 132 Å². The van der Waals surface area contributed by atoms with E-state index in [0.717, 1.165) is 50.7 Å². The molecule has 0 bridgehead atoms. The molecule has 9 heteroatoms. The summed E-state index contributed by atoms with van der Waals surface area (Å²) < 4.78 is 48.7. The Balaban J connectivity index is 1.37. The predicted molar refractivity (Wildman–Crippen MR) is 237 cm³/mol. The van der Waals surface area contributed by atoms with E-state index in [4.69, 9.17) is 32.5 Å². The van der Waals surface area contributed by atoms with Crippen LogP contribution in [0, 0.1) is 11.8 Å². The normalized spacial score (nSPS) is 28.8. The van der Waals surface area contributed by atoms with Crippen LogP contribution in [0.2, 0.25) is 34.8 Å². The van der Waals surface area contributed by atoms with Crippen molar-refractivity contribution in [1.82, 2.24) is 0 Å². The third-order valence-corrected chi connectivity index (χ3v) is 24.6. The zero-order valence-corrected chi connectivity index (χ0v) is 40.0. The molecular formula is C48H80O7Si2. The minimum atomic E-state index is -2.25. The average Bonchev–Trinajstić information content (AvgIpc) is 3.44. The first-order chi connectivity index (χ1) is 26.9. The number of hydrogen-bond acceptors (Lipinski definition) is 7. The fraction of sp³-hybridized carbons (Fsp3) is 0.750. The van der Waals surface area contributed by atoms with Crippen LogP contribution in [0.25, 0.3) is 0 Å². The van der Waals surface area contributed by atoms with Crippen molar-refractivity contribution >= 4 is 16.6 Å². The highest BCUT2D eigenvalue weighted by Gasteiger charge is 2.50. The van der Waals surface area contributed by atoms with Gasteiger partial charge in [0.15, 0.2) is 14.6 Å². The molecule has 0 saturated carbocycles. The van der Waals surface area contributed by atoms with Crippen molar-refractivity contribution in [2.75, 3.05) is 13.2 Å². The van der Waals surface area contributed by atoms with Crippen molar-refractivity contribution in [2.24, 2.45) is 11.8 Å². The standard InChI is InChI=1S/C48H80O7Si2/c1-33(2)57(34(3)4,35(5)6)54-41(29-40-28-37(8)46(51-40)36(7)26-27-49-31-38-20-16-14-17-21-38)30-44-43(55-56(12,13)48(9,10)11)25-24-42-45(52-44)32-50-47(53-42)39-22-18-15-19-23-39/h14-23,33-37,40-47H,24-32H2,1-13H3/t36-,37+,40-,41+,42+,43-,44+,45-,46+,47-/m1/s1. The number of hydrogen-bond donors (Lipinski definition) is 0. The number of fused-ring (bicyclic) bond motifs is 1. The van der Waals surface area contributed by atoms with Crippen molar-refractivity contribution in [3.8, 4) is 0 Å². The van der Waals surface area contributed by atoms with Crippen LogP contribution in [0.4, 0.5) is 0 Å². The van der Waals surface area contributed by atoms with Gasteiger partial charge in [0.05, 0.1) is 49.8 Å². The molecule has 0 radical (unpaired) electrons. The Kier molecular flexibility index (Phi) is 16.7. The SMILES string of the molecule is CC(C)[Si](O[C@@H](C[C@H]1C[C@H](C)[C@H]([C@H](C)CCOCc2ccccc2)O1)C[C@@H]1O[C@@H]2CO[C@@H](c3ccccc3)O[C@H]2CC[C@H]1O[Si](C)(C)C(C)(C)C)(C(C)C)C(C)C. The molecule has 322 valence electrons. The Bertz CT molecular complexity index is 1440. The summed E-state index contributed by atoms with van der Waals surface area (Å²) in [6.07, 6.45) is 4.94. The Labute approximate surface area is 349 Å². The maximum Gasteiger partial charge on any atom is 0.200 e. The molecule has 0 amide bonds. The van der Waals surface area contributed by atoms with E-state index in [-0.39, 0.29) is 54.1 Å². The Morgan fingerprint density at radius 2 is 1.40 bits per heavy atom. The van der Waals surface area contributed by atoms with E-state index in [1.807, 2.05) is 18.2 Å². The van der Waals surface area contributed by atoms with Gasteiger partial charge in [-0.15, -0.1) is 0 Å². The van der Waals surface area contributed by atoms with Gasteiger partial charge in [-0.3, -0.25) is 0 Å². The maximum absolute atomic E-state index is 7.79. The first kappa shape index (κ1) is 46.7. The van der Waals surface area contributed by atoms with E-state index >= 15 is 0 Å². The summed E-state index contributed by atoms with van der Waals surface area (Å²) in [7, 11) is -4.40. The topological polar surface area (TPSA) is 64.6 Å². The molecule has 0 aliphatic carbocycles. The zero-order chi connectivity index (χ0) is 41.5. The Morgan fingerprint density at radius 1 is 0.772 bits per heavy atom. The van der Waals surface area contributed by atoms with Crippen LogP contribution >= 0.6 is 0 Å². The molecule has 3 heterocycles. The van der Waals surface area contributed by atoms with Crippen LogP contribution in [0.3, 0.4) is 0 Å². The van der Waals surface area contributed by atoms with Crippen molar-refractivity contribution < 1.29 is 32.5 Å². The number of ether oxygens (including phenoxy) is 5.